The number of rotatable bonds is 5. The van der Waals surface area contributed by atoms with Crippen LogP contribution in [0.3, 0.4) is 0 Å². The number of benzene rings is 1. The number of nitrogens with one attached hydrogen (secondary N) is 1. The van der Waals surface area contributed by atoms with E-state index in [2.05, 4.69) is 20.1 Å². The Morgan fingerprint density at radius 1 is 1.29 bits per heavy atom. The molecule has 3 N–H and O–H groups in total. The van der Waals surface area contributed by atoms with Gasteiger partial charge in [0.05, 0.1) is 22.2 Å². The van der Waals surface area contributed by atoms with E-state index in [0.717, 1.165) is 16.4 Å². The van der Waals surface area contributed by atoms with Gasteiger partial charge in [-0.3, -0.25) is 4.79 Å². The predicted molar refractivity (Wildman–Crippen MR) is 110 cm³/mol. The first kappa shape index (κ1) is 22.2. The van der Waals surface area contributed by atoms with Crippen LogP contribution in [0.1, 0.15) is 11.1 Å². The van der Waals surface area contributed by atoms with Gasteiger partial charge >= 0.3 is 0 Å². The van der Waals surface area contributed by atoms with E-state index >= 15 is 0 Å². The number of nitrogen functional groups attached to an aromatic ring is 1. The lowest BCUT2D eigenvalue weighted by Gasteiger charge is -2.11. The fourth-order valence-corrected chi connectivity index (χ4v) is 4.00. The minimum absolute atomic E-state index is 0.0595. The standard InChI is InChI=1S/C18H11Cl2N7O3S/c1-27-15(18(29)30-26-27)14-11(5-21)16(23)25-17(12(14)6-22)31-7-13(28)24-10-3-8(19)2-9(20)4-10/h2-4H,7H2,1H3,(H3-,23,24,25,26,28,29). The number of thioether (sulfide) groups is 1. The lowest BCUT2D eigenvalue weighted by atomic mass is 10.0. The summed E-state index contributed by atoms with van der Waals surface area (Å²) in [4.78, 5) is 16.4. The number of nitrogens with two attached hydrogens (primary N) is 1. The summed E-state index contributed by atoms with van der Waals surface area (Å²) < 4.78 is 5.68. The number of carbonyl (C=O) groups is 1. The second kappa shape index (κ2) is 9.10. The first-order chi connectivity index (χ1) is 14.7. The number of hydrogen-bond acceptors (Lipinski definition) is 9. The van der Waals surface area contributed by atoms with Crippen LogP contribution in [0, 0.1) is 22.7 Å². The maximum atomic E-state index is 12.3. The van der Waals surface area contributed by atoms with E-state index < -0.39 is 11.9 Å². The van der Waals surface area contributed by atoms with Crippen molar-refractivity contribution in [2.75, 3.05) is 16.8 Å². The molecule has 0 aliphatic heterocycles. The van der Waals surface area contributed by atoms with E-state index in [4.69, 9.17) is 28.9 Å². The van der Waals surface area contributed by atoms with Crippen LogP contribution >= 0.6 is 35.0 Å². The van der Waals surface area contributed by atoms with Crippen LogP contribution in [0.2, 0.25) is 10.0 Å². The second-order valence-corrected chi connectivity index (χ2v) is 7.82. The van der Waals surface area contributed by atoms with Crippen LogP contribution in [0.25, 0.3) is 11.3 Å². The number of pyridine rings is 1. The Bertz CT molecular complexity index is 1240. The molecule has 0 aliphatic carbocycles. The molecule has 156 valence electrons. The van der Waals surface area contributed by atoms with E-state index in [1.165, 1.54) is 25.2 Å². The maximum Gasteiger partial charge on any atom is 0.266 e. The summed E-state index contributed by atoms with van der Waals surface area (Å²) in [6.07, 6.45) is 0. The van der Waals surface area contributed by atoms with Crippen LogP contribution < -0.4 is 20.8 Å². The molecule has 1 aromatic carbocycles. The van der Waals surface area contributed by atoms with Crippen molar-refractivity contribution >= 4 is 52.4 Å². The number of aromatic nitrogens is 3. The van der Waals surface area contributed by atoms with Crippen LogP contribution in [0.15, 0.2) is 27.7 Å². The molecule has 1 amide bonds. The minimum atomic E-state index is -0.854. The first-order valence-corrected chi connectivity index (χ1v) is 10.0. The summed E-state index contributed by atoms with van der Waals surface area (Å²) in [5, 5.41) is 38.2. The Morgan fingerprint density at radius 3 is 2.48 bits per heavy atom. The second-order valence-electron chi connectivity index (χ2n) is 5.98. The third-order valence-electron chi connectivity index (χ3n) is 3.90. The van der Waals surface area contributed by atoms with Gasteiger partial charge in [0.15, 0.2) is 13.0 Å². The minimum Gasteiger partial charge on any atom is -0.539 e. The van der Waals surface area contributed by atoms with Crippen molar-refractivity contribution in [3.63, 3.8) is 0 Å². The van der Waals surface area contributed by atoms with E-state index in [-0.39, 0.29) is 39.0 Å². The Morgan fingerprint density at radius 2 is 1.94 bits per heavy atom. The molecule has 10 nitrogen and oxygen atoms in total. The molecule has 3 aromatic rings. The third-order valence-corrected chi connectivity index (χ3v) is 5.31. The number of amides is 1. The van der Waals surface area contributed by atoms with Gasteiger partial charge in [-0.15, -0.1) is 0 Å². The summed E-state index contributed by atoms with van der Waals surface area (Å²) in [5.41, 5.74) is 5.80. The predicted octanol–water partition coefficient (Wildman–Crippen LogP) is 2.00. The van der Waals surface area contributed by atoms with Gasteiger partial charge in [0, 0.05) is 15.7 Å². The highest BCUT2D eigenvalue weighted by molar-refractivity contribution is 8.00. The van der Waals surface area contributed by atoms with Crippen molar-refractivity contribution in [2.45, 2.75) is 5.03 Å². The molecule has 0 saturated heterocycles. The fourth-order valence-electron chi connectivity index (χ4n) is 2.67. The number of anilines is 2. The molecule has 31 heavy (non-hydrogen) atoms. The normalized spacial score (nSPS) is 10.4. The molecule has 0 aliphatic rings. The Hall–Kier alpha value is -3.51. The average Bonchev–Trinajstić information content (AvgIpc) is 3.02. The summed E-state index contributed by atoms with van der Waals surface area (Å²) in [6.45, 7) is 0. The number of nitrogens with zero attached hydrogens (tertiary/aromatic N) is 5. The average molecular weight is 476 g/mol. The van der Waals surface area contributed by atoms with E-state index in [9.17, 15) is 20.4 Å². The Balaban J connectivity index is 1.94. The molecule has 2 aromatic heterocycles. The molecule has 0 saturated carbocycles. The number of nitriles is 2. The van der Waals surface area contributed by atoms with Crippen molar-refractivity contribution in [2.24, 2.45) is 7.05 Å². The van der Waals surface area contributed by atoms with Crippen molar-refractivity contribution in [3.8, 4) is 29.3 Å². The highest BCUT2D eigenvalue weighted by atomic mass is 35.5. The monoisotopic (exact) mass is 475 g/mol. The molecular weight excluding hydrogens is 465 g/mol. The van der Waals surface area contributed by atoms with Crippen molar-refractivity contribution in [1.29, 1.82) is 10.5 Å². The van der Waals surface area contributed by atoms with Gasteiger partial charge in [-0.1, -0.05) is 39.6 Å². The lowest BCUT2D eigenvalue weighted by Crippen LogP contribution is -2.32. The summed E-state index contributed by atoms with van der Waals surface area (Å²) in [5.74, 6) is -1.65. The molecular formula is C18H11Cl2N7O3S. The highest BCUT2D eigenvalue weighted by Gasteiger charge is 2.29. The number of halogens is 2. The zero-order chi connectivity index (χ0) is 22.7. The molecule has 2 heterocycles. The topological polar surface area (TPSA) is 169 Å². The van der Waals surface area contributed by atoms with E-state index in [0.29, 0.717) is 15.7 Å². The number of aryl methyl sites for hydroxylation is 1. The Labute approximate surface area is 189 Å². The largest absolute Gasteiger partial charge is 0.539 e. The molecule has 3 rings (SSSR count). The van der Waals surface area contributed by atoms with Crippen molar-refractivity contribution in [1.82, 2.24) is 10.3 Å². The molecule has 0 spiro atoms. The third kappa shape index (κ3) is 4.64. The van der Waals surface area contributed by atoms with Gasteiger partial charge in [-0.05, 0) is 18.2 Å². The van der Waals surface area contributed by atoms with Gasteiger partial charge in [0.2, 0.25) is 5.91 Å². The molecule has 0 bridgehead atoms. The van der Waals surface area contributed by atoms with Crippen molar-refractivity contribution < 1.29 is 19.1 Å². The zero-order valence-electron chi connectivity index (χ0n) is 15.6. The maximum absolute atomic E-state index is 12.3. The summed E-state index contributed by atoms with van der Waals surface area (Å²) >= 11 is 12.7. The van der Waals surface area contributed by atoms with E-state index in [1.807, 2.05) is 12.1 Å². The van der Waals surface area contributed by atoms with Gasteiger partial charge in [0.25, 0.3) is 5.69 Å². The van der Waals surface area contributed by atoms with Gasteiger partial charge in [-0.25, -0.2) is 4.98 Å². The van der Waals surface area contributed by atoms with Crippen LogP contribution in [-0.4, -0.2) is 21.9 Å². The summed E-state index contributed by atoms with van der Waals surface area (Å²) in [6, 6.07) is 8.33. The SMILES string of the molecule is C[n+]1noc([O-])c1-c1c(C#N)c(N)nc(SCC(=O)Nc2cc(Cl)cc(Cl)c2)c1C#N. The van der Waals surface area contributed by atoms with Gasteiger partial charge in [0.1, 0.15) is 28.5 Å². The number of carbonyl (C=O) groups excluding carboxylic acids is 1. The smallest absolute Gasteiger partial charge is 0.266 e. The molecule has 0 radical (unpaired) electrons. The lowest BCUT2D eigenvalue weighted by molar-refractivity contribution is -0.730. The molecule has 0 unspecified atom stereocenters. The van der Waals surface area contributed by atoms with Crippen LogP contribution in [0.5, 0.6) is 5.95 Å². The quantitative estimate of drug-likeness (QED) is 0.413. The van der Waals surface area contributed by atoms with E-state index in [1.54, 1.807) is 0 Å². The van der Waals surface area contributed by atoms with Gasteiger partial charge in [-0.2, -0.15) is 10.5 Å². The number of hydrogen-bond donors (Lipinski definition) is 2. The van der Waals surface area contributed by atoms with Gasteiger partial charge < -0.3 is 20.7 Å². The molecule has 13 heteroatoms. The molecule has 0 fully saturated rings. The highest BCUT2D eigenvalue weighted by Crippen LogP contribution is 2.36. The first-order valence-electron chi connectivity index (χ1n) is 8.31. The van der Waals surface area contributed by atoms with Crippen LogP contribution in [0.4, 0.5) is 11.5 Å². The molecule has 0 atom stereocenters. The van der Waals surface area contributed by atoms with Crippen molar-refractivity contribution in [3.05, 3.63) is 39.4 Å². The van der Waals surface area contributed by atoms with Crippen LogP contribution in [-0.2, 0) is 11.8 Å². The summed E-state index contributed by atoms with van der Waals surface area (Å²) in [7, 11) is 1.41. The zero-order valence-corrected chi connectivity index (χ0v) is 18.0. The Kier molecular flexibility index (Phi) is 6.51. The fraction of sp³-hybridized carbons (Fsp3) is 0.111.